The molecular formula is C6H10. The van der Waals surface area contributed by atoms with Gasteiger partial charge in [-0.15, -0.1) is 6.53 Å². The van der Waals surface area contributed by atoms with Crippen LogP contribution in [0.15, 0.2) is 24.7 Å². The van der Waals surface area contributed by atoms with Gasteiger partial charge in [-0.3, -0.25) is 0 Å². The topological polar surface area (TPSA) is 0 Å². The number of rotatable bonds is 2. The van der Waals surface area contributed by atoms with Crippen LogP contribution >= 0.6 is 0 Å². The summed E-state index contributed by atoms with van der Waals surface area (Å²) < 4.78 is 34.5. The normalized spacial score (nSPS) is 23.8. The third kappa shape index (κ3) is 3.48. The van der Waals surface area contributed by atoms with Gasteiger partial charge in [-0.05, 0) is 13.3 Å². The van der Waals surface area contributed by atoms with Gasteiger partial charge < -0.3 is 0 Å². The fraction of sp³-hybridized carbons (Fsp3) is 0.333. The molecule has 0 spiro atoms. The maximum atomic E-state index is 7.12. The van der Waals surface area contributed by atoms with Gasteiger partial charge in [0.2, 0.25) is 0 Å². The molecule has 0 unspecified atom stereocenters. The first-order valence-electron chi connectivity index (χ1n) is 4.21. The van der Waals surface area contributed by atoms with Crippen molar-refractivity contribution in [3.8, 4) is 0 Å². The zero-order valence-electron chi connectivity index (χ0n) is 8.71. The third-order valence-corrected chi connectivity index (χ3v) is 0.354. The zero-order chi connectivity index (χ0) is 9.02. The summed E-state index contributed by atoms with van der Waals surface area (Å²) in [6.45, 7) is 0.861. The van der Waals surface area contributed by atoms with Crippen molar-refractivity contribution < 1.29 is 6.85 Å². The Morgan fingerprint density at radius 2 is 3.00 bits per heavy atom. The number of hydrogen-bond donors (Lipinski definition) is 0. The average molecular weight is 87.2 g/mol. The van der Waals surface area contributed by atoms with Gasteiger partial charge in [-0.25, -0.2) is 0 Å². The maximum Gasteiger partial charge on any atom is 0.0576 e. The summed E-state index contributed by atoms with van der Waals surface area (Å²) in [5.41, 5.74) is 0. The lowest BCUT2D eigenvalue weighted by Gasteiger charge is -1.69. The van der Waals surface area contributed by atoms with E-state index in [1.54, 1.807) is 0 Å². The minimum Gasteiger partial charge on any atom is -0.103 e. The molecule has 0 rings (SSSR count). The van der Waals surface area contributed by atoms with Crippen LogP contribution in [-0.2, 0) is 0 Å². The number of allylic oxidation sites excluding steroid dienone is 3. The highest BCUT2D eigenvalue weighted by Gasteiger charge is 1.57. The van der Waals surface area contributed by atoms with Crippen molar-refractivity contribution in [2.24, 2.45) is 0 Å². The molecule has 0 saturated heterocycles. The van der Waals surface area contributed by atoms with E-state index in [2.05, 4.69) is 0 Å². The standard InChI is InChI=1S/C6H10/c1-3-5-6-4-2/h3-4,6H,1,5H2,2H3/b6-4+/i1D2,3D,4D,6D. The van der Waals surface area contributed by atoms with Gasteiger partial charge in [-0.2, -0.15) is 0 Å². The molecule has 0 N–H and O–H groups in total. The van der Waals surface area contributed by atoms with Crippen molar-refractivity contribution >= 4 is 0 Å². The van der Waals surface area contributed by atoms with Gasteiger partial charge in [0.05, 0.1) is 6.85 Å². The van der Waals surface area contributed by atoms with Crippen LogP contribution in [0.25, 0.3) is 0 Å². The SMILES string of the molecule is [2H]C([2H])=C([2H])C/C([2H])=C(\[2H])C. The Bertz CT molecular complexity index is 173. The Balaban J connectivity index is 4.30. The summed E-state index contributed by atoms with van der Waals surface area (Å²) in [6.07, 6.45) is -0.0856. The Morgan fingerprint density at radius 1 is 2.17 bits per heavy atom. The van der Waals surface area contributed by atoms with Gasteiger partial charge in [0.15, 0.2) is 0 Å². The van der Waals surface area contributed by atoms with E-state index in [9.17, 15) is 0 Å². The molecule has 6 heavy (non-hydrogen) atoms. The molecule has 0 aromatic carbocycles. The highest BCUT2D eigenvalue weighted by Crippen LogP contribution is 1.78. The number of hydrogen-bond acceptors (Lipinski definition) is 0. The Morgan fingerprint density at radius 3 is 3.50 bits per heavy atom. The van der Waals surface area contributed by atoms with Crippen LogP contribution < -0.4 is 0 Å². The predicted octanol–water partition coefficient (Wildman–Crippen LogP) is 2.14. The minimum absolute atomic E-state index is 0.00741. The largest absolute Gasteiger partial charge is 0.103 e. The maximum absolute atomic E-state index is 7.12. The predicted molar refractivity (Wildman–Crippen MR) is 29.6 cm³/mol. The van der Waals surface area contributed by atoms with Crippen molar-refractivity contribution in [2.75, 3.05) is 0 Å². The zero-order valence-corrected chi connectivity index (χ0v) is 3.71. The smallest absolute Gasteiger partial charge is 0.0576 e. The highest BCUT2D eigenvalue weighted by atomic mass is 13.6. The quantitative estimate of drug-likeness (QED) is 0.453. The highest BCUT2D eigenvalue weighted by molar-refractivity contribution is 4.85. The average Bonchev–Trinajstić information content (AvgIpc) is 1.87. The second-order valence-electron chi connectivity index (χ2n) is 0.780. The van der Waals surface area contributed by atoms with Crippen molar-refractivity contribution in [2.45, 2.75) is 13.3 Å². The lowest BCUT2D eigenvalue weighted by atomic mass is 10.4. The molecule has 0 heteroatoms. The van der Waals surface area contributed by atoms with E-state index >= 15 is 0 Å². The molecule has 0 atom stereocenters. The fourth-order valence-electron chi connectivity index (χ4n) is 0.133. The Labute approximate surface area is 46.2 Å². The molecule has 0 aromatic heterocycles. The van der Waals surface area contributed by atoms with E-state index in [1.807, 2.05) is 0 Å². The minimum atomic E-state index is -0.587. The van der Waals surface area contributed by atoms with Crippen molar-refractivity contribution in [1.29, 1.82) is 0 Å². The first kappa shape index (κ1) is 1.22. The van der Waals surface area contributed by atoms with Gasteiger partial charge in [-0.1, -0.05) is 18.2 Å². The van der Waals surface area contributed by atoms with Crippen LogP contribution in [0.2, 0.25) is 0 Å². The monoisotopic (exact) mass is 87.1 g/mol. The van der Waals surface area contributed by atoms with Gasteiger partial charge in [0.1, 0.15) is 0 Å². The van der Waals surface area contributed by atoms with Crippen LogP contribution in [0.4, 0.5) is 0 Å². The first-order chi connectivity index (χ1) is 4.95. The van der Waals surface area contributed by atoms with Crippen molar-refractivity contribution in [1.82, 2.24) is 0 Å². The van der Waals surface area contributed by atoms with E-state index in [-0.39, 0.29) is 24.6 Å². The van der Waals surface area contributed by atoms with E-state index < -0.39 is 6.53 Å². The van der Waals surface area contributed by atoms with Crippen molar-refractivity contribution in [3.05, 3.63) is 24.7 Å². The van der Waals surface area contributed by atoms with Crippen LogP contribution in [0.5, 0.6) is 0 Å². The summed E-state index contributed by atoms with van der Waals surface area (Å²) in [6, 6.07) is -0.149. The summed E-state index contributed by atoms with van der Waals surface area (Å²) in [4.78, 5) is 0. The second kappa shape index (κ2) is 4.48. The Hall–Kier alpha value is -0.520. The molecule has 0 radical (unpaired) electrons. The molecule has 0 nitrogen and oxygen atoms in total. The summed E-state index contributed by atoms with van der Waals surface area (Å²) in [5, 5.41) is 0. The van der Waals surface area contributed by atoms with E-state index in [1.165, 1.54) is 6.92 Å². The molecule has 0 aliphatic carbocycles. The molecule has 0 heterocycles. The lowest BCUT2D eigenvalue weighted by molar-refractivity contribution is 1.39. The van der Waals surface area contributed by atoms with E-state index in [4.69, 9.17) is 6.85 Å². The molecule has 34 valence electrons. The molecule has 0 bridgehead atoms. The summed E-state index contributed by atoms with van der Waals surface area (Å²) in [7, 11) is 0. The molecule has 0 aliphatic rings. The molecule has 0 aromatic rings. The van der Waals surface area contributed by atoms with Gasteiger partial charge in [0.25, 0.3) is 0 Å². The van der Waals surface area contributed by atoms with Crippen LogP contribution in [0.3, 0.4) is 0 Å². The molecular weight excluding hydrogens is 72.1 g/mol. The molecule has 0 amide bonds. The fourth-order valence-corrected chi connectivity index (χ4v) is 0.133. The third-order valence-electron chi connectivity index (χ3n) is 0.354. The van der Waals surface area contributed by atoms with E-state index in [0.717, 1.165) is 0 Å². The van der Waals surface area contributed by atoms with E-state index in [0.29, 0.717) is 0 Å². The molecule has 0 fully saturated rings. The second-order valence-corrected chi connectivity index (χ2v) is 0.780. The summed E-state index contributed by atoms with van der Waals surface area (Å²) >= 11 is 0. The van der Waals surface area contributed by atoms with Crippen LogP contribution in [0, 0.1) is 0 Å². The van der Waals surface area contributed by atoms with Gasteiger partial charge >= 0.3 is 0 Å². The Kier molecular flexibility index (Phi) is 0.914. The molecule has 0 aliphatic heterocycles. The summed E-state index contributed by atoms with van der Waals surface area (Å²) in [5.74, 6) is 0. The van der Waals surface area contributed by atoms with Gasteiger partial charge in [0, 0.05) is 0 Å². The lowest BCUT2D eigenvalue weighted by Crippen LogP contribution is -1.48. The molecule has 0 saturated carbocycles. The first-order valence-corrected chi connectivity index (χ1v) is 1.71. The van der Waals surface area contributed by atoms with Crippen LogP contribution in [0.1, 0.15) is 20.2 Å². The van der Waals surface area contributed by atoms with Crippen LogP contribution in [-0.4, -0.2) is 0 Å². The van der Waals surface area contributed by atoms with Crippen molar-refractivity contribution in [3.63, 3.8) is 0 Å².